The molecule has 1 heterocycles. The summed E-state index contributed by atoms with van der Waals surface area (Å²) in [7, 11) is -3.87. The van der Waals surface area contributed by atoms with Crippen molar-refractivity contribution < 1.29 is 13.2 Å². The maximum absolute atomic E-state index is 11.8. The second kappa shape index (κ2) is 6.66. The molecule has 0 radical (unpaired) electrons. The number of rotatable bonds is 5. The fourth-order valence-electron chi connectivity index (χ4n) is 2.43. The van der Waals surface area contributed by atoms with Gasteiger partial charge in [-0.05, 0) is 38.1 Å². The van der Waals surface area contributed by atoms with E-state index in [0.717, 1.165) is 5.56 Å². The Morgan fingerprint density at radius 2 is 1.76 bits per heavy atom. The first-order valence-corrected chi connectivity index (χ1v) is 9.21. The molecule has 8 heteroatoms. The quantitative estimate of drug-likeness (QED) is 0.755. The molecular formula is C17H18N4O3S. The Bertz CT molecular complexity index is 996. The molecular weight excluding hydrogens is 340 g/mol. The fraction of sp³-hybridized carbons (Fsp3) is 0.176. The molecule has 3 rings (SSSR count). The Kier molecular flexibility index (Phi) is 4.56. The molecule has 0 aliphatic rings. The molecule has 0 spiro atoms. The van der Waals surface area contributed by atoms with Gasteiger partial charge in [-0.1, -0.05) is 29.5 Å². The highest BCUT2D eigenvalue weighted by atomic mass is 32.2. The van der Waals surface area contributed by atoms with Crippen molar-refractivity contribution in [2.45, 2.75) is 24.8 Å². The molecule has 2 N–H and O–H groups in total. The van der Waals surface area contributed by atoms with Gasteiger partial charge in [0.15, 0.2) is 0 Å². The van der Waals surface area contributed by atoms with E-state index in [4.69, 9.17) is 9.88 Å². The van der Waals surface area contributed by atoms with Gasteiger partial charge in [-0.3, -0.25) is 0 Å². The van der Waals surface area contributed by atoms with Crippen LogP contribution in [0.25, 0.3) is 16.9 Å². The van der Waals surface area contributed by atoms with Gasteiger partial charge >= 0.3 is 0 Å². The van der Waals surface area contributed by atoms with Gasteiger partial charge in [0.05, 0.1) is 18.0 Å². The highest BCUT2D eigenvalue weighted by molar-refractivity contribution is 7.89. The highest BCUT2D eigenvalue weighted by Gasteiger charge is 2.17. The number of benzene rings is 2. The minimum atomic E-state index is -3.87. The van der Waals surface area contributed by atoms with Crippen LogP contribution in [0.5, 0.6) is 5.75 Å². The van der Waals surface area contributed by atoms with Crippen molar-refractivity contribution in [1.29, 1.82) is 0 Å². The van der Waals surface area contributed by atoms with Crippen LogP contribution in [0.3, 0.4) is 0 Å². The van der Waals surface area contributed by atoms with Crippen LogP contribution >= 0.6 is 0 Å². The third kappa shape index (κ3) is 3.70. The van der Waals surface area contributed by atoms with Gasteiger partial charge in [0.25, 0.3) is 0 Å². The number of nitrogens with two attached hydrogens (primary N) is 1. The third-order valence-electron chi connectivity index (χ3n) is 3.44. The van der Waals surface area contributed by atoms with E-state index in [-0.39, 0.29) is 11.0 Å². The summed E-state index contributed by atoms with van der Waals surface area (Å²) < 4.78 is 30.7. The van der Waals surface area contributed by atoms with E-state index >= 15 is 0 Å². The van der Waals surface area contributed by atoms with Crippen molar-refractivity contribution in [1.82, 2.24) is 15.0 Å². The van der Waals surface area contributed by atoms with Crippen LogP contribution in [0.2, 0.25) is 0 Å². The van der Waals surface area contributed by atoms with Gasteiger partial charge in [-0.15, -0.1) is 5.10 Å². The smallest absolute Gasteiger partial charge is 0.240 e. The molecule has 3 aromatic rings. The Labute approximate surface area is 146 Å². The number of ether oxygens (including phenoxy) is 1. The maximum Gasteiger partial charge on any atom is 0.240 e. The number of primary sulfonamides is 1. The number of nitrogens with zero attached hydrogens (tertiary/aromatic N) is 3. The van der Waals surface area contributed by atoms with Crippen LogP contribution in [0.4, 0.5) is 0 Å². The molecule has 0 fully saturated rings. The van der Waals surface area contributed by atoms with E-state index < -0.39 is 10.0 Å². The van der Waals surface area contributed by atoms with E-state index in [1.54, 1.807) is 24.4 Å². The zero-order valence-corrected chi connectivity index (χ0v) is 14.6. The molecule has 7 nitrogen and oxygen atoms in total. The lowest BCUT2D eigenvalue weighted by molar-refractivity contribution is 0.243. The first kappa shape index (κ1) is 17.1. The number of hydrogen-bond donors (Lipinski definition) is 1. The van der Waals surface area contributed by atoms with E-state index in [1.165, 1.54) is 10.7 Å². The fourth-order valence-corrected chi connectivity index (χ4v) is 3.15. The Hall–Kier alpha value is -2.71. The van der Waals surface area contributed by atoms with Crippen molar-refractivity contribution in [3.8, 4) is 22.7 Å². The Morgan fingerprint density at radius 1 is 1.08 bits per heavy atom. The first-order valence-electron chi connectivity index (χ1n) is 7.67. The van der Waals surface area contributed by atoms with Crippen molar-refractivity contribution in [2.75, 3.05) is 0 Å². The maximum atomic E-state index is 11.8. The normalized spacial score (nSPS) is 11.7. The molecule has 0 atom stereocenters. The molecule has 0 aliphatic carbocycles. The Balaban J connectivity index is 2.06. The average molecular weight is 358 g/mol. The monoisotopic (exact) mass is 358 g/mol. The summed E-state index contributed by atoms with van der Waals surface area (Å²) >= 11 is 0. The molecule has 130 valence electrons. The van der Waals surface area contributed by atoms with Gasteiger partial charge in [0, 0.05) is 5.56 Å². The van der Waals surface area contributed by atoms with Crippen LogP contribution in [-0.4, -0.2) is 29.5 Å². The second-order valence-electron chi connectivity index (χ2n) is 5.72. The van der Waals surface area contributed by atoms with E-state index in [2.05, 4.69) is 10.3 Å². The van der Waals surface area contributed by atoms with Crippen LogP contribution in [0.1, 0.15) is 13.8 Å². The van der Waals surface area contributed by atoms with Gasteiger partial charge in [-0.2, -0.15) is 0 Å². The van der Waals surface area contributed by atoms with Gasteiger partial charge in [0.1, 0.15) is 16.3 Å². The summed E-state index contributed by atoms with van der Waals surface area (Å²) in [4.78, 5) is -0.0156. The number of aromatic nitrogens is 3. The molecule has 0 amide bonds. The van der Waals surface area contributed by atoms with E-state index in [1.807, 2.05) is 38.1 Å². The SMILES string of the molecule is CC(C)Oc1ccccc1-c1cn(-c2ccccc2S(N)(=O)=O)nn1. The van der Waals surface area contributed by atoms with Crippen LogP contribution in [0, 0.1) is 0 Å². The molecule has 0 aliphatic heterocycles. The minimum Gasteiger partial charge on any atom is -0.490 e. The number of para-hydroxylation sites is 2. The van der Waals surface area contributed by atoms with Crippen molar-refractivity contribution in [2.24, 2.45) is 5.14 Å². The van der Waals surface area contributed by atoms with Gasteiger partial charge in [0.2, 0.25) is 10.0 Å². The zero-order chi connectivity index (χ0) is 18.0. The van der Waals surface area contributed by atoms with Gasteiger partial charge in [-0.25, -0.2) is 18.2 Å². The molecule has 0 saturated carbocycles. The van der Waals surface area contributed by atoms with E-state index in [0.29, 0.717) is 17.1 Å². The summed E-state index contributed by atoms with van der Waals surface area (Å²) in [5.74, 6) is 0.685. The van der Waals surface area contributed by atoms with E-state index in [9.17, 15) is 8.42 Å². The molecule has 2 aromatic carbocycles. The number of hydrogen-bond acceptors (Lipinski definition) is 5. The topological polar surface area (TPSA) is 100 Å². The van der Waals surface area contributed by atoms with Crippen molar-refractivity contribution in [3.05, 3.63) is 54.7 Å². The summed E-state index contributed by atoms with van der Waals surface area (Å²) in [6.07, 6.45) is 1.66. The third-order valence-corrected chi connectivity index (χ3v) is 4.40. The number of sulfonamides is 1. The summed E-state index contributed by atoms with van der Waals surface area (Å²) in [6.45, 7) is 3.88. The average Bonchev–Trinajstić information content (AvgIpc) is 3.04. The lowest BCUT2D eigenvalue weighted by Gasteiger charge is -2.12. The van der Waals surface area contributed by atoms with Crippen LogP contribution in [-0.2, 0) is 10.0 Å². The first-order chi connectivity index (χ1) is 11.9. The van der Waals surface area contributed by atoms with Crippen LogP contribution in [0.15, 0.2) is 59.6 Å². The molecule has 0 bridgehead atoms. The minimum absolute atomic E-state index is 0.0132. The Morgan fingerprint density at radius 3 is 2.48 bits per heavy atom. The van der Waals surface area contributed by atoms with Crippen molar-refractivity contribution >= 4 is 10.0 Å². The molecule has 1 aromatic heterocycles. The molecule has 25 heavy (non-hydrogen) atoms. The predicted molar refractivity (Wildman–Crippen MR) is 93.9 cm³/mol. The zero-order valence-electron chi connectivity index (χ0n) is 13.8. The van der Waals surface area contributed by atoms with Crippen LogP contribution < -0.4 is 9.88 Å². The molecule has 0 unspecified atom stereocenters. The summed E-state index contributed by atoms with van der Waals surface area (Å²) in [5, 5.41) is 13.5. The largest absolute Gasteiger partial charge is 0.490 e. The summed E-state index contributed by atoms with van der Waals surface area (Å²) in [6, 6.07) is 13.8. The lowest BCUT2D eigenvalue weighted by Crippen LogP contribution is -2.15. The van der Waals surface area contributed by atoms with Gasteiger partial charge < -0.3 is 4.74 Å². The standard InChI is InChI=1S/C17H18N4O3S/c1-12(2)24-16-9-5-3-7-13(16)14-11-21(20-19-14)15-8-4-6-10-17(15)25(18,22)23/h3-12H,1-2H3,(H2,18,22,23). The highest BCUT2D eigenvalue weighted by Crippen LogP contribution is 2.29. The summed E-state index contributed by atoms with van der Waals surface area (Å²) in [5.41, 5.74) is 1.68. The predicted octanol–water partition coefficient (Wildman–Crippen LogP) is 2.37. The van der Waals surface area contributed by atoms with Crippen molar-refractivity contribution in [3.63, 3.8) is 0 Å². The second-order valence-corrected chi connectivity index (χ2v) is 7.25. The lowest BCUT2D eigenvalue weighted by atomic mass is 10.1. The molecule has 0 saturated heterocycles.